The Balaban J connectivity index is 1.88. The SMILES string of the molecule is COCCOc1ccc(CN(C(=O)O)S(=O)(=O)NCCc2cccs2)c(Oc2ncc(C(F)(F)F)cc2Cl)c1. The lowest BCUT2D eigenvalue weighted by atomic mass is 10.2. The lowest BCUT2D eigenvalue weighted by molar-refractivity contribution is -0.137. The van der Waals surface area contributed by atoms with Gasteiger partial charge in [0.05, 0.1) is 18.7 Å². The molecule has 2 N–H and O–H groups in total. The first-order valence-electron chi connectivity index (χ1n) is 11.1. The van der Waals surface area contributed by atoms with Crippen LogP contribution in [0.3, 0.4) is 0 Å². The number of alkyl halides is 3. The van der Waals surface area contributed by atoms with E-state index in [2.05, 4.69) is 9.71 Å². The largest absolute Gasteiger partial charge is 0.491 e. The fourth-order valence-electron chi connectivity index (χ4n) is 3.10. The number of hydrogen-bond acceptors (Lipinski definition) is 8. The van der Waals surface area contributed by atoms with Gasteiger partial charge in [0, 0.05) is 36.4 Å². The smallest absolute Gasteiger partial charge is 0.422 e. The maximum atomic E-state index is 13.0. The minimum absolute atomic E-state index is 0.0397. The number of thiophene rings is 1. The van der Waals surface area contributed by atoms with Crippen LogP contribution in [-0.2, 0) is 34.1 Å². The minimum atomic E-state index is -4.69. The number of aromatic nitrogens is 1. The van der Waals surface area contributed by atoms with Crippen LogP contribution in [0.1, 0.15) is 16.0 Å². The van der Waals surface area contributed by atoms with Gasteiger partial charge in [-0.05, 0) is 36.1 Å². The number of nitrogens with zero attached hydrogens (tertiary/aromatic N) is 2. The van der Waals surface area contributed by atoms with Crippen LogP contribution in [0.15, 0.2) is 48.0 Å². The number of pyridine rings is 1. The van der Waals surface area contributed by atoms with Gasteiger partial charge in [0.25, 0.3) is 0 Å². The highest BCUT2D eigenvalue weighted by Gasteiger charge is 2.32. The molecule has 39 heavy (non-hydrogen) atoms. The fraction of sp³-hybridized carbons (Fsp3) is 0.304. The van der Waals surface area contributed by atoms with E-state index in [0.717, 1.165) is 4.88 Å². The van der Waals surface area contributed by atoms with Crippen molar-refractivity contribution in [3.63, 3.8) is 0 Å². The number of ether oxygens (including phenoxy) is 3. The number of carbonyl (C=O) groups is 1. The summed E-state index contributed by atoms with van der Waals surface area (Å²) >= 11 is 7.39. The van der Waals surface area contributed by atoms with Crippen LogP contribution >= 0.6 is 22.9 Å². The molecular formula is C23H23ClF3N3O7S2. The predicted octanol–water partition coefficient (Wildman–Crippen LogP) is 5.19. The number of hydrogen-bond donors (Lipinski definition) is 2. The Kier molecular flexibility index (Phi) is 10.4. The van der Waals surface area contributed by atoms with Gasteiger partial charge in [-0.15, -0.1) is 11.3 Å². The van der Waals surface area contributed by atoms with Gasteiger partial charge in [-0.25, -0.2) is 9.78 Å². The van der Waals surface area contributed by atoms with E-state index < -0.39 is 45.5 Å². The fourth-order valence-corrected chi connectivity index (χ4v) is 5.04. The van der Waals surface area contributed by atoms with Gasteiger partial charge in [0.2, 0.25) is 5.88 Å². The zero-order valence-corrected chi connectivity index (χ0v) is 22.7. The third-order valence-corrected chi connectivity index (χ3v) is 7.63. The first kappa shape index (κ1) is 30.4. The minimum Gasteiger partial charge on any atom is -0.491 e. The first-order valence-corrected chi connectivity index (χ1v) is 13.8. The van der Waals surface area contributed by atoms with Gasteiger partial charge in [0.1, 0.15) is 23.1 Å². The Morgan fingerprint density at radius 1 is 1.23 bits per heavy atom. The number of halogens is 4. The van der Waals surface area contributed by atoms with Crippen molar-refractivity contribution >= 4 is 39.2 Å². The molecule has 0 fully saturated rings. The Morgan fingerprint density at radius 3 is 2.62 bits per heavy atom. The quantitative estimate of drug-likeness (QED) is 0.254. The molecule has 212 valence electrons. The molecule has 0 radical (unpaired) electrons. The van der Waals surface area contributed by atoms with E-state index in [9.17, 15) is 31.5 Å². The molecule has 0 unspecified atom stereocenters. The van der Waals surface area contributed by atoms with Crippen LogP contribution in [-0.4, -0.2) is 55.8 Å². The van der Waals surface area contributed by atoms with Crippen molar-refractivity contribution in [1.82, 2.24) is 14.0 Å². The van der Waals surface area contributed by atoms with Crippen molar-refractivity contribution in [3.05, 3.63) is 69.0 Å². The summed E-state index contributed by atoms with van der Waals surface area (Å²) in [6, 6.07) is 8.34. The first-order chi connectivity index (χ1) is 18.4. The number of rotatable bonds is 13. The van der Waals surface area contributed by atoms with Crippen molar-refractivity contribution in [1.29, 1.82) is 0 Å². The van der Waals surface area contributed by atoms with Crippen LogP contribution in [0.4, 0.5) is 18.0 Å². The number of methoxy groups -OCH3 is 1. The van der Waals surface area contributed by atoms with E-state index in [4.69, 9.17) is 25.8 Å². The lowest BCUT2D eigenvalue weighted by Crippen LogP contribution is -2.43. The average Bonchev–Trinajstić information content (AvgIpc) is 3.37. The molecule has 0 aliphatic rings. The summed E-state index contributed by atoms with van der Waals surface area (Å²) < 4.78 is 83.1. The molecule has 0 saturated carbocycles. The molecule has 2 heterocycles. The van der Waals surface area contributed by atoms with Crippen LogP contribution < -0.4 is 14.2 Å². The summed E-state index contributed by atoms with van der Waals surface area (Å²) in [5.41, 5.74) is -1.06. The summed E-state index contributed by atoms with van der Waals surface area (Å²) in [4.78, 5) is 16.5. The number of carboxylic acid groups (broad SMARTS) is 1. The molecule has 10 nitrogen and oxygen atoms in total. The lowest BCUT2D eigenvalue weighted by Gasteiger charge is -2.21. The summed E-state index contributed by atoms with van der Waals surface area (Å²) in [5, 5.41) is 11.0. The van der Waals surface area contributed by atoms with Crippen molar-refractivity contribution in [2.24, 2.45) is 0 Å². The molecule has 2 aromatic heterocycles. The number of nitrogens with one attached hydrogen (secondary N) is 1. The highest BCUT2D eigenvalue weighted by molar-refractivity contribution is 7.87. The maximum Gasteiger partial charge on any atom is 0.422 e. The van der Waals surface area contributed by atoms with Gasteiger partial charge in [0.15, 0.2) is 0 Å². The molecule has 0 bridgehead atoms. The van der Waals surface area contributed by atoms with Crippen molar-refractivity contribution in [3.8, 4) is 17.4 Å². The second kappa shape index (κ2) is 13.3. The summed E-state index contributed by atoms with van der Waals surface area (Å²) in [7, 11) is -3.04. The monoisotopic (exact) mass is 609 g/mol. The molecule has 0 saturated heterocycles. The van der Waals surface area contributed by atoms with E-state index in [-0.39, 0.29) is 41.1 Å². The van der Waals surface area contributed by atoms with Crippen LogP contribution in [0, 0.1) is 0 Å². The Labute approximate surface area is 231 Å². The molecule has 1 amide bonds. The van der Waals surface area contributed by atoms with Crippen molar-refractivity contribution < 1.29 is 45.7 Å². The zero-order valence-electron chi connectivity index (χ0n) is 20.3. The molecule has 3 aromatic rings. The normalized spacial score (nSPS) is 11.8. The molecule has 1 aromatic carbocycles. The standard InChI is InChI=1S/C23H23ClF3N3O7S2/c1-35-8-9-36-17-5-4-15(20(12-17)37-21-19(24)11-16(13-28-21)23(25,26)27)14-30(22(31)32)39(33,34)29-7-6-18-3-2-10-38-18/h2-5,10-13,29H,6-9,14H2,1H3,(H,31,32). The van der Waals surface area contributed by atoms with Crippen LogP contribution in [0.2, 0.25) is 5.02 Å². The van der Waals surface area contributed by atoms with E-state index in [1.807, 2.05) is 11.4 Å². The predicted molar refractivity (Wildman–Crippen MR) is 137 cm³/mol. The van der Waals surface area contributed by atoms with Gasteiger partial charge in [-0.1, -0.05) is 17.7 Å². The van der Waals surface area contributed by atoms with Gasteiger partial charge in [-0.3, -0.25) is 0 Å². The maximum absolute atomic E-state index is 13.0. The van der Waals surface area contributed by atoms with Crippen molar-refractivity contribution in [2.75, 3.05) is 26.9 Å². The molecule has 0 aliphatic carbocycles. The van der Waals surface area contributed by atoms with Crippen LogP contribution in [0.5, 0.6) is 17.4 Å². The van der Waals surface area contributed by atoms with Gasteiger partial charge < -0.3 is 19.3 Å². The molecule has 0 aliphatic heterocycles. The molecule has 0 spiro atoms. The van der Waals surface area contributed by atoms with E-state index in [0.29, 0.717) is 18.7 Å². The summed E-state index contributed by atoms with van der Waals surface area (Å²) in [6.07, 6.45) is -5.59. The Bertz CT molecular complexity index is 1370. The Hall–Kier alpha value is -3.11. The topological polar surface area (TPSA) is 127 Å². The number of amides is 1. The zero-order chi connectivity index (χ0) is 28.6. The molecular weight excluding hydrogens is 587 g/mol. The second-order valence-electron chi connectivity index (χ2n) is 7.74. The molecule has 0 atom stereocenters. The third-order valence-electron chi connectivity index (χ3n) is 4.99. The number of benzene rings is 1. The summed E-state index contributed by atoms with van der Waals surface area (Å²) in [5.74, 6) is -0.328. The average molecular weight is 610 g/mol. The molecule has 16 heteroatoms. The second-order valence-corrected chi connectivity index (χ2v) is 10.9. The van der Waals surface area contributed by atoms with Crippen LogP contribution in [0.25, 0.3) is 0 Å². The van der Waals surface area contributed by atoms with Gasteiger partial charge >= 0.3 is 22.5 Å². The van der Waals surface area contributed by atoms with Gasteiger partial charge in [-0.2, -0.15) is 30.6 Å². The van der Waals surface area contributed by atoms with E-state index in [1.54, 1.807) is 6.07 Å². The van der Waals surface area contributed by atoms with Crippen molar-refractivity contribution in [2.45, 2.75) is 19.1 Å². The van der Waals surface area contributed by atoms with E-state index in [1.165, 1.54) is 36.6 Å². The summed E-state index contributed by atoms with van der Waals surface area (Å²) in [6.45, 7) is -0.367. The third kappa shape index (κ3) is 8.69. The molecule has 3 rings (SSSR count). The highest BCUT2D eigenvalue weighted by Crippen LogP contribution is 2.36. The Morgan fingerprint density at radius 2 is 2.00 bits per heavy atom. The highest BCUT2D eigenvalue weighted by atomic mass is 35.5. The van der Waals surface area contributed by atoms with E-state index >= 15 is 0 Å².